The number of nitriles is 1. The molecular formula is C23H27N3O3. The summed E-state index contributed by atoms with van der Waals surface area (Å²) in [6.45, 7) is 4.59. The van der Waals surface area contributed by atoms with Crippen LogP contribution in [0.3, 0.4) is 0 Å². The summed E-state index contributed by atoms with van der Waals surface area (Å²) in [7, 11) is 1.62. The predicted molar refractivity (Wildman–Crippen MR) is 111 cm³/mol. The van der Waals surface area contributed by atoms with E-state index >= 15 is 0 Å². The van der Waals surface area contributed by atoms with Crippen LogP contribution < -0.4 is 9.47 Å². The monoisotopic (exact) mass is 393 g/mol. The van der Waals surface area contributed by atoms with E-state index in [0.717, 1.165) is 29.0 Å². The molecule has 1 atom stereocenters. The number of benzene rings is 2. The van der Waals surface area contributed by atoms with Gasteiger partial charge in [-0.1, -0.05) is 37.3 Å². The second kappa shape index (κ2) is 9.94. The number of rotatable bonds is 7. The summed E-state index contributed by atoms with van der Waals surface area (Å²) >= 11 is 0. The summed E-state index contributed by atoms with van der Waals surface area (Å²) in [4.78, 5) is 16.5. The van der Waals surface area contributed by atoms with Crippen LogP contribution in [-0.2, 0) is 11.2 Å². The number of carbonyl (C=O) groups excluding carboxylic acids is 1. The fourth-order valence-corrected chi connectivity index (χ4v) is 3.55. The molecule has 0 spiro atoms. The molecule has 0 radical (unpaired) electrons. The molecule has 0 aromatic heterocycles. The Bertz CT molecular complexity index is 852. The van der Waals surface area contributed by atoms with Gasteiger partial charge in [-0.25, -0.2) is 0 Å². The summed E-state index contributed by atoms with van der Waals surface area (Å²) in [5.41, 5.74) is 2.04. The van der Waals surface area contributed by atoms with Gasteiger partial charge in [0.05, 0.1) is 13.2 Å². The zero-order chi connectivity index (χ0) is 20.6. The van der Waals surface area contributed by atoms with Gasteiger partial charge >= 0.3 is 0 Å². The third-order valence-electron chi connectivity index (χ3n) is 5.29. The highest BCUT2D eigenvalue weighted by molar-refractivity contribution is 5.78. The standard InChI is InChI=1S/C23H27N3O3/c1-3-18-6-4-5-7-22(18)29-17-23(27)26-14-12-25(13-15-26)21(16-24)19-8-10-20(28-2)11-9-19/h4-11,21H,3,12-15,17H2,1-2H3. The van der Waals surface area contributed by atoms with Gasteiger partial charge in [-0.3, -0.25) is 9.69 Å². The fourth-order valence-electron chi connectivity index (χ4n) is 3.55. The first-order valence-electron chi connectivity index (χ1n) is 9.92. The van der Waals surface area contributed by atoms with Crippen molar-refractivity contribution in [2.24, 2.45) is 0 Å². The lowest BCUT2D eigenvalue weighted by Gasteiger charge is -2.37. The van der Waals surface area contributed by atoms with Gasteiger partial charge in [0, 0.05) is 26.2 Å². The minimum atomic E-state index is -0.328. The molecule has 2 aromatic carbocycles. The Kier molecular flexibility index (Phi) is 7.09. The third-order valence-corrected chi connectivity index (χ3v) is 5.29. The van der Waals surface area contributed by atoms with Crippen LogP contribution in [0.1, 0.15) is 24.1 Å². The molecule has 6 heteroatoms. The van der Waals surface area contributed by atoms with E-state index in [1.54, 1.807) is 7.11 Å². The van der Waals surface area contributed by atoms with E-state index in [-0.39, 0.29) is 18.6 Å². The lowest BCUT2D eigenvalue weighted by Crippen LogP contribution is -2.50. The Hall–Kier alpha value is -3.04. The number of carbonyl (C=O) groups is 1. The van der Waals surface area contributed by atoms with E-state index in [1.807, 2.05) is 53.4 Å². The maximum atomic E-state index is 12.6. The molecule has 0 N–H and O–H groups in total. The number of amides is 1. The van der Waals surface area contributed by atoms with Gasteiger partial charge in [0.1, 0.15) is 17.5 Å². The van der Waals surface area contributed by atoms with Crippen LogP contribution in [0.4, 0.5) is 0 Å². The highest BCUT2D eigenvalue weighted by atomic mass is 16.5. The summed E-state index contributed by atoms with van der Waals surface area (Å²) in [5.74, 6) is 1.52. The van der Waals surface area contributed by atoms with E-state index in [2.05, 4.69) is 17.9 Å². The number of para-hydroxylation sites is 1. The molecule has 0 bridgehead atoms. The van der Waals surface area contributed by atoms with Gasteiger partial charge in [-0.2, -0.15) is 5.26 Å². The van der Waals surface area contributed by atoms with Crippen molar-refractivity contribution in [2.45, 2.75) is 19.4 Å². The topological polar surface area (TPSA) is 65.8 Å². The summed E-state index contributed by atoms with van der Waals surface area (Å²) < 4.78 is 10.9. The largest absolute Gasteiger partial charge is 0.497 e. The van der Waals surface area contributed by atoms with Crippen molar-refractivity contribution in [1.29, 1.82) is 5.26 Å². The lowest BCUT2D eigenvalue weighted by atomic mass is 10.1. The number of ether oxygens (including phenoxy) is 2. The first-order chi connectivity index (χ1) is 14.2. The molecule has 3 rings (SSSR count). The van der Waals surface area contributed by atoms with Crippen molar-refractivity contribution in [3.8, 4) is 17.6 Å². The van der Waals surface area contributed by atoms with E-state index in [1.165, 1.54) is 0 Å². The Morgan fingerprint density at radius 2 is 1.79 bits per heavy atom. The van der Waals surface area contributed by atoms with E-state index < -0.39 is 0 Å². The van der Waals surface area contributed by atoms with Crippen molar-refractivity contribution >= 4 is 5.91 Å². The van der Waals surface area contributed by atoms with Crippen LogP contribution in [0.2, 0.25) is 0 Å². The zero-order valence-corrected chi connectivity index (χ0v) is 17.0. The van der Waals surface area contributed by atoms with Gasteiger partial charge in [-0.05, 0) is 35.7 Å². The second-order valence-corrected chi connectivity index (χ2v) is 6.97. The number of nitrogens with zero attached hydrogens (tertiary/aromatic N) is 3. The molecule has 152 valence electrons. The molecule has 1 fully saturated rings. The SMILES string of the molecule is CCc1ccccc1OCC(=O)N1CCN(C(C#N)c2ccc(OC)cc2)CC1. The quantitative estimate of drug-likeness (QED) is 0.723. The van der Waals surface area contributed by atoms with Gasteiger partial charge in [0.2, 0.25) is 0 Å². The molecule has 1 aliphatic heterocycles. The molecule has 1 heterocycles. The molecule has 1 unspecified atom stereocenters. The molecule has 1 amide bonds. The molecule has 6 nitrogen and oxygen atoms in total. The van der Waals surface area contributed by atoms with Crippen molar-refractivity contribution in [1.82, 2.24) is 9.80 Å². The van der Waals surface area contributed by atoms with Gasteiger partial charge in [0.15, 0.2) is 6.61 Å². The van der Waals surface area contributed by atoms with Crippen LogP contribution in [0.5, 0.6) is 11.5 Å². The number of piperazine rings is 1. The van der Waals surface area contributed by atoms with Gasteiger partial charge in [-0.15, -0.1) is 0 Å². The summed E-state index contributed by atoms with van der Waals surface area (Å²) in [6.07, 6.45) is 0.865. The molecule has 1 saturated heterocycles. The van der Waals surface area contributed by atoms with Crippen molar-refractivity contribution < 1.29 is 14.3 Å². The Morgan fingerprint density at radius 1 is 1.10 bits per heavy atom. The smallest absolute Gasteiger partial charge is 0.260 e. The van der Waals surface area contributed by atoms with Crippen molar-refractivity contribution in [2.75, 3.05) is 39.9 Å². The second-order valence-electron chi connectivity index (χ2n) is 6.97. The predicted octanol–water partition coefficient (Wildman–Crippen LogP) is 3.05. The third kappa shape index (κ3) is 5.07. The molecule has 0 saturated carbocycles. The van der Waals surface area contributed by atoms with E-state index in [0.29, 0.717) is 26.2 Å². The van der Waals surface area contributed by atoms with Gasteiger partial charge < -0.3 is 14.4 Å². The van der Waals surface area contributed by atoms with Crippen LogP contribution in [-0.4, -0.2) is 55.6 Å². The molecular weight excluding hydrogens is 366 g/mol. The normalized spacial score (nSPS) is 15.4. The van der Waals surface area contributed by atoms with Crippen molar-refractivity contribution in [3.63, 3.8) is 0 Å². The number of methoxy groups -OCH3 is 1. The van der Waals surface area contributed by atoms with Crippen LogP contribution in [0.15, 0.2) is 48.5 Å². The lowest BCUT2D eigenvalue weighted by molar-refractivity contribution is -0.135. The van der Waals surface area contributed by atoms with Crippen LogP contribution >= 0.6 is 0 Å². The fraction of sp³-hybridized carbons (Fsp3) is 0.391. The van der Waals surface area contributed by atoms with Crippen LogP contribution in [0.25, 0.3) is 0 Å². The van der Waals surface area contributed by atoms with E-state index in [4.69, 9.17) is 9.47 Å². The summed E-state index contributed by atoms with van der Waals surface area (Å²) in [6, 6.07) is 17.4. The molecule has 1 aliphatic rings. The highest BCUT2D eigenvalue weighted by Crippen LogP contribution is 2.24. The highest BCUT2D eigenvalue weighted by Gasteiger charge is 2.27. The molecule has 2 aromatic rings. The Balaban J connectivity index is 1.53. The molecule has 0 aliphatic carbocycles. The Morgan fingerprint density at radius 3 is 2.41 bits per heavy atom. The first kappa shape index (κ1) is 20.7. The average molecular weight is 393 g/mol. The summed E-state index contributed by atoms with van der Waals surface area (Å²) in [5, 5.41) is 9.67. The number of hydrogen-bond donors (Lipinski definition) is 0. The van der Waals surface area contributed by atoms with E-state index in [9.17, 15) is 10.1 Å². The van der Waals surface area contributed by atoms with Crippen molar-refractivity contribution in [3.05, 3.63) is 59.7 Å². The maximum absolute atomic E-state index is 12.6. The minimum Gasteiger partial charge on any atom is -0.497 e. The number of hydrogen-bond acceptors (Lipinski definition) is 5. The van der Waals surface area contributed by atoms with Gasteiger partial charge in [0.25, 0.3) is 5.91 Å². The number of aryl methyl sites for hydroxylation is 1. The first-order valence-corrected chi connectivity index (χ1v) is 9.92. The zero-order valence-electron chi connectivity index (χ0n) is 17.0. The Labute approximate surface area is 172 Å². The minimum absolute atomic E-state index is 0.0199. The molecule has 29 heavy (non-hydrogen) atoms. The average Bonchev–Trinajstić information content (AvgIpc) is 2.79. The van der Waals surface area contributed by atoms with Crippen LogP contribution in [0, 0.1) is 11.3 Å². The maximum Gasteiger partial charge on any atom is 0.260 e.